The summed E-state index contributed by atoms with van der Waals surface area (Å²) in [4.78, 5) is 0. The van der Waals surface area contributed by atoms with Crippen LogP contribution in [0.15, 0.2) is 0 Å². The first-order chi connectivity index (χ1) is 4.83. The summed E-state index contributed by atoms with van der Waals surface area (Å²) in [5.74, 6) is 1.07. The summed E-state index contributed by atoms with van der Waals surface area (Å²) in [5, 5.41) is 12.1. The Bertz CT molecular complexity index is 144. The molecule has 0 saturated carbocycles. The van der Waals surface area contributed by atoms with Gasteiger partial charge in [0.15, 0.2) is 0 Å². The topological polar surface area (TPSA) is 35.8 Å². The fourth-order valence-corrected chi connectivity index (χ4v) is 2.15. The number of nitrogens with one attached hydrogen (secondary N) is 1. The molecule has 1 heterocycles. The van der Waals surface area contributed by atoms with E-state index < -0.39 is 0 Å². The predicted octanol–water partition coefficient (Wildman–Crippen LogP) is 0.995. The highest BCUT2D eigenvalue weighted by atomic mass is 32.2. The second kappa shape index (κ2) is 3.27. The van der Waals surface area contributed by atoms with E-state index in [1.165, 1.54) is 0 Å². The minimum atomic E-state index is -0.127. The lowest BCUT2D eigenvalue weighted by atomic mass is 10.1. The Hall–Kier alpha value is -0.200. The van der Waals surface area contributed by atoms with Gasteiger partial charge in [-0.3, -0.25) is 0 Å². The van der Waals surface area contributed by atoms with Crippen LogP contribution in [0.25, 0.3) is 0 Å². The van der Waals surface area contributed by atoms with Gasteiger partial charge in [-0.15, -0.1) is 11.8 Å². The molecule has 1 aliphatic heterocycles. The first-order valence-corrected chi connectivity index (χ1v) is 4.57. The van der Waals surface area contributed by atoms with Crippen molar-refractivity contribution in [2.24, 2.45) is 0 Å². The lowest BCUT2D eigenvalue weighted by Gasteiger charge is -2.29. The van der Waals surface area contributed by atoms with Gasteiger partial charge in [0, 0.05) is 18.8 Å². The first kappa shape index (κ1) is 7.90. The van der Waals surface area contributed by atoms with Crippen molar-refractivity contribution in [3.8, 4) is 6.07 Å². The molecule has 0 radical (unpaired) electrons. The maximum Gasteiger partial charge on any atom is 0.114 e. The smallest absolute Gasteiger partial charge is 0.114 e. The van der Waals surface area contributed by atoms with Crippen LogP contribution >= 0.6 is 11.8 Å². The highest BCUT2D eigenvalue weighted by molar-refractivity contribution is 8.01. The third kappa shape index (κ3) is 1.44. The van der Waals surface area contributed by atoms with Crippen LogP contribution in [0, 0.1) is 11.3 Å². The minimum Gasteiger partial charge on any atom is -0.313 e. The van der Waals surface area contributed by atoms with Gasteiger partial charge in [0.25, 0.3) is 0 Å². The van der Waals surface area contributed by atoms with E-state index in [4.69, 9.17) is 5.26 Å². The number of hydrogen-bond acceptors (Lipinski definition) is 3. The van der Waals surface area contributed by atoms with Crippen LogP contribution in [0.1, 0.15) is 13.3 Å². The maximum absolute atomic E-state index is 8.83. The van der Waals surface area contributed by atoms with Crippen molar-refractivity contribution in [3.63, 3.8) is 0 Å². The van der Waals surface area contributed by atoms with Gasteiger partial charge in [0.2, 0.25) is 0 Å². The van der Waals surface area contributed by atoms with E-state index in [1.807, 2.05) is 0 Å². The van der Waals surface area contributed by atoms with E-state index in [9.17, 15) is 0 Å². The van der Waals surface area contributed by atoms with Crippen LogP contribution in [0.5, 0.6) is 0 Å². The summed E-state index contributed by atoms with van der Waals surface area (Å²) in [5.41, 5.74) is 0. The Morgan fingerprint density at radius 3 is 2.90 bits per heavy atom. The molecule has 0 amide bonds. The van der Waals surface area contributed by atoms with Gasteiger partial charge in [-0.1, -0.05) is 6.92 Å². The molecule has 0 aromatic heterocycles. The molecule has 1 atom stereocenters. The minimum absolute atomic E-state index is 0.127. The largest absolute Gasteiger partial charge is 0.313 e. The average Bonchev–Trinajstić information content (AvgIpc) is 2.06. The van der Waals surface area contributed by atoms with Crippen molar-refractivity contribution in [1.82, 2.24) is 5.32 Å². The molecule has 56 valence electrons. The molecule has 1 aliphatic rings. The summed E-state index contributed by atoms with van der Waals surface area (Å²) < 4.78 is -0.127. The van der Waals surface area contributed by atoms with E-state index >= 15 is 0 Å². The summed E-state index contributed by atoms with van der Waals surface area (Å²) in [6.07, 6.45) is 0.946. The molecule has 1 saturated heterocycles. The van der Waals surface area contributed by atoms with E-state index in [-0.39, 0.29) is 4.75 Å². The van der Waals surface area contributed by atoms with Crippen LogP contribution in [0.4, 0.5) is 0 Å². The van der Waals surface area contributed by atoms with Gasteiger partial charge >= 0.3 is 0 Å². The number of nitrogens with zero attached hydrogens (tertiary/aromatic N) is 1. The van der Waals surface area contributed by atoms with Crippen LogP contribution in [-0.4, -0.2) is 23.6 Å². The molecule has 0 spiro atoms. The van der Waals surface area contributed by atoms with Gasteiger partial charge in [-0.25, -0.2) is 0 Å². The Kier molecular flexibility index (Phi) is 2.58. The molecule has 0 aliphatic carbocycles. The maximum atomic E-state index is 8.83. The van der Waals surface area contributed by atoms with Crippen molar-refractivity contribution in [2.45, 2.75) is 18.1 Å². The molecule has 3 heteroatoms. The summed E-state index contributed by atoms with van der Waals surface area (Å²) in [7, 11) is 0. The van der Waals surface area contributed by atoms with Gasteiger partial charge in [-0.2, -0.15) is 5.26 Å². The lowest BCUT2D eigenvalue weighted by Crippen LogP contribution is -2.42. The Morgan fingerprint density at radius 2 is 2.60 bits per heavy atom. The lowest BCUT2D eigenvalue weighted by molar-refractivity contribution is 0.587. The van der Waals surface area contributed by atoms with E-state index in [1.54, 1.807) is 11.8 Å². The quantitative estimate of drug-likeness (QED) is 0.615. The fourth-order valence-electron chi connectivity index (χ4n) is 1.04. The third-order valence-corrected chi connectivity index (χ3v) is 3.33. The average molecular weight is 156 g/mol. The van der Waals surface area contributed by atoms with Gasteiger partial charge in [0.1, 0.15) is 4.75 Å². The van der Waals surface area contributed by atoms with E-state index in [0.717, 1.165) is 25.3 Å². The van der Waals surface area contributed by atoms with Gasteiger partial charge in [-0.05, 0) is 6.42 Å². The van der Waals surface area contributed by atoms with Gasteiger partial charge in [0.05, 0.1) is 6.07 Å². The predicted molar refractivity (Wildman–Crippen MR) is 44.0 cm³/mol. The molecule has 0 aromatic carbocycles. The zero-order valence-electron chi connectivity index (χ0n) is 6.18. The standard InChI is InChI=1S/C7H12N2S/c1-2-7(5-8)6-9-3-4-10-7/h9H,2-4,6H2,1H3. The van der Waals surface area contributed by atoms with Crippen LogP contribution in [-0.2, 0) is 0 Å². The van der Waals surface area contributed by atoms with Gasteiger partial charge < -0.3 is 5.32 Å². The second-order valence-electron chi connectivity index (χ2n) is 2.48. The number of thioether (sulfide) groups is 1. The first-order valence-electron chi connectivity index (χ1n) is 3.59. The van der Waals surface area contributed by atoms with Crippen molar-refractivity contribution in [2.75, 3.05) is 18.8 Å². The van der Waals surface area contributed by atoms with E-state index in [2.05, 4.69) is 18.3 Å². The molecule has 1 rings (SSSR count). The fraction of sp³-hybridized carbons (Fsp3) is 0.857. The van der Waals surface area contributed by atoms with Crippen LogP contribution in [0.2, 0.25) is 0 Å². The molecule has 0 bridgehead atoms. The zero-order chi connectivity index (χ0) is 7.45. The highest BCUT2D eigenvalue weighted by Gasteiger charge is 2.30. The normalized spacial score (nSPS) is 33.2. The van der Waals surface area contributed by atoms with Crippen molar-refractivity contribution >= 4 is 11.8 Å². The van der Waals surface area contributed by atoms with E-state index in [0.29, 0.717) is 0 Å². The number of nitriles is 1. The Morgan fingerprint density at radius 1 is 1.80 bits per heavy atom. The summed E-state index contributed by atoms with van der Waals surface area (Å²) in [6, 6.07) is 2.37. The molecular weight excluding hydrogens is 144 g/mol. The summed E-state index contributed by atoms with van der Waals surface area (Å²) in [6.45, 7) is 3.97. The molecule has 2 nitrogen and oxygen atoms in total. The third-order valence-electron chi connectivity index (χ3n) is 1.84. The SMILES string of the molecule is CCC1(C#N)CNCCS1. The van der Waals surface area contributed by atoms with Crippen LogP contribution in [0.3, 0.4) is 0 Å². The van der Waals surface area contributed by atoms with Crippen LogP contribution < -0.4 is 5.32 Å². The number of hydrogen-bond donors (Lipinski definition) is 1. The highest BCUT2D eigenvalue weighted by Crippen LogP contribution is 2.29. The molecular formula is C7H12N2S. The molecule has 1 fully saturated rings. The molecule has 1 N–H and O–H groups in total. The molecule has 0 aromatic rings. The zero-order valence-corrected chi connectivity index (χ0v) is 7.00. The Labute approximate surface area is 66.0 Å². The molecule has 1 unspecified atom stereocenters. The number of rotatable bonds is 1. The van der Waals surface area contributed by atoms with Crippen molar-refractivity contribution in [3.05, 3.63) is 0 Å². The molecule has 10 heavy (non-hydrogen) atoms. The van der Waals surface area contributed by atoms with Crippen molar-refractivity contribution in [1.29, 1.82) is 5.26 Å². The second-order valence-corrected chi connectivity index (χ2v) is 3.96. The van der Waals surface area contributed by atoms with Crippen molar-refractivity contribution < 1.29 is 0 Å². The summed E-state index contributed by atoms with van der Waals surface area (Å²) >= 11 is 1.79. The monoisotopic (exact) mass is 156 g/mol. The Balaban J connectivity index is 2.55.